The monoisotopic (exact) mass is 398 g/mol. The van der Waals surface area contributed by atoms with Gasteiger partial charge in [0.15, 0.2) is 0 Å². The summed E-state index contributed by atoms with van der Waals surface area (Å²) in [5.74, 6) is 1.77. The van der Waals surface area contributed by atoms with E-state index in [1.807, 2.05) is 6.92 Å². The summed E-state index contributed by atoms with van der Waals surface area (Å²) in [6, 6.07) is 0.204. The average Bonchev–Trinajstić information content (AvgIpc) is 2.43. The van der Waals surface area contributed by atoms with Crippen LogP contribution in [0, 0.1) is 17.3 Å². The molecule has 24 heavy (non-hydrogen) atoms. The summed E-state index contributed by atoms with van der Waals surface area (Å²) < 4.78 is 0.299. The highest BCUT2D eigenvalue weighted by molar-refractivity contribution is 9.10. The Bertz CT molecular complexity index is 494. The Hall–Kier alpha value is -0.580. The maximum absolute atomic E-state index is 12.4. The molecule has 0 aliphatic heterocycles. The first kappa shape index (κ1) is 18.2. The van der Waals surface area contributed by atoms with Crippen molar-refractivity contribution in [1.82, 2.24) is 10.6 Å². The molecule has 0 radical (unpaired) electrons. The van der Waals surface area contributed by atoms with Gasteiger partial charge >= 0.3 is 0 Å². The van der Waals surface area contributed by atoms with E-state index in [4.69, 9.17) is 0 Å². The minimum Gasteiger partial charge on any atom is -0.356 e. The molecule has 0 aromatic heterocycles. The Kier molecular flexibility index (Phi) is 5.29. The third-order valence-electron chi connectivity index (χ3n) is 6.34. The number of rotatable bonds is 7. The number of halogens is 1. The van der Waals surface area contributed by atoms with Crippen LogP contribution in [-0.2, 0) is 9.59 Å². The van der Waals surface area contributed by atoms with Crippen LogP contribution in [0.3, 0.4) is 0 Å². The maximum Gasteiger partial charge on any atom is 0.221 e. The third kappa shape index (κ3) is 4.14. The normalized spacial score (nSPS) is 38.0. The van der Waals surface area contributed by atoms with E-state index in [2.05, 4.69) is 33.5 Å². The highest BCUT2D eigenvalue weighted by Crippen LogP contribution is 2.65. The van der Waals surface area contributed by atoms with Gasteiger partial charge in [-0.15, -0.1) is 0 Å². The molecule has 2 N–H and O–H groups in total. The van der Waals surface area contributed by atoms with Crippen molar-refractivity contribution in [2.75, 3.05) is 6.54 Å². The fourth-order valence-corrected chi connectivity index (χ4v) is 7.22. The zero-order chi connectivity index (χ0) is 17.4. The van der Waals surface area contributed by atoms with Crippen LogP contribution in [0.4, 0.5) is 0 Å². The first-order valence-electron chi connectivity index (χ1n) is 9.56. The summed E-state index contributed by atoms with van der Waals surface area (Å²) in [6.45, 7) is 4.50. The van der Waals surface area contributed by atoms with Gasteiger partial charge in [-0.1, -0.05) is 22.9 Å². The molecule has 0 heterocycles. The predicted octanol–water partition coefficient (Wildman–Crippen LogP) is 3.53. The summed E-state index contributed by atoms with van der Waals surface area (Å²) in [7, 11) is 0. The van der Waals surface area contributed by atoms with Gasteiger partial charge in [0, 0.05) is 29.8 Å². The van der Waals surface area contributed by atoms with Gasteiger partial charge in [0.2, 0.25) is 11.8 Å². The van der Waals surface area contributed by atoms with E-state index in [9.17, 15) is 9.59 Å². The lowest BCUT2D eigenvalue weighted by molar-refractivity contribution is -0.128. The average molecular weight is 399 g/mol. The molecule has 3 atom stereocenters. The van der Waals surface area contributed by atoms with Gasteiger partial charge in [-0.2, -0.15) is 0 Å². The molecule has 3 unspecified atom stereocenters. The number of amides is 2. The molecule has 5 heteroatoms. The van der Waals surface area contributed by atoms with Crippen LogP contribution >= 0.6 is 15.9 Å². The molecule has 4 fully saturated rings. The van der Waals surface area contributed by atoms with Crippen LogP contribution in [-0.4, -0.2) is 28.7 Å². The summed E-state index contributed by atoms with van der Waals surface area (Å²) in [5.41, 5.74) is 0.205. The number of nitrogens with one attached hydrogen (secondary N) is 2. The smallest absolute Gasteiger partial charge is 0.221 e. The van der Waals surface area contributed by atoms with E-state index >= 15 is 0 Å². The Morgan fingerprint density at radius 1 is 1.17 bits per heavy atom. The van der Waals surface area contributed by atoms with Crippen LogP contribution in [0.5, 0.6) is 0 Å². The third-order valence-corrected chi connectivity index (χ3v) is 7.27. The van der Waals surface area contributed by atoms with Gasteiger partial charge in [-0.05, 0) is 69.1 Å². The maximum atomic E-state index is 12.4. The molecule has 4 aliphatic rings. The van der Waals surface area contributed by atoms with Crippen LogP contribution in [0.1, 0.15) is 71.6 Å². The quantitative estimate of drug-likeness (QED) is 0.644. The summed E-state index contributed by atoms with van der Waals surface area (Å²) in [6.07, 6.45) is 9.48. The molecule has 0 spiro atoms. The predicted molar refractivity (Wildman–Crippen MR) is 98.9 cm³/mol. The molecule has 4 saturated carbocycles. The molecule has 4 rings (SSSR count). The second-order valence-electron chi connectivity index (χ2n) is 8.77. The van der Waals surface area contributed by atoms with Crippen molar-refractivity contribution in [2.45, 2.75) is 82.0 Å². The highest BCUT2D eigenvalue weighted by atomic mass is 79.9. The first-order chi connectivity index (χ1) is 11.3. The summed E-state index contributed by atoms with van der Waals surface area (Å²) >= 11 is 4.00. The first-order valence-corrected chi connectivity index (χ1v) is 10.4. The minimum absolute atomic E-state index is 0.0267. The Balaban J connectivity index is 1.45. The number of alkyl halides is 1. The minimum atomic E-state index is 0.0267. The largest absolute Gasteiger partial charge is 0.356 e. The number of hydrogen-bond acceptors (Lipinski definition) is 2. The van der Waals surface area contributed by atoms with E-state index in [1.54, 1.807) is 0 Å². The van der Waals surface area contributed by atoms with E-state index in [0.29, 0.717) is 23.7 Å². The number of hydrogen-bond donors (Lipinski definition) is 2. The second-order valence-corrected chi connectivity index (χ2v) is 10.4. The van der Waals surface area contributed by atoms with E-state index in [0.717, 1.165) is 24.7 Å². The van der Waals surface area contributed by atoms with Crippen molar-refractivity contribution < 1.29 is 9.59 Å². The van der Waals surface area contributed by atoms with Crippen molar-refractivity contribution >= 4 is 27.7 Å². The summed E-state index contributed by atoms with van der Waals surface area (Å²) in [5, 5.41) is 5.92. The lowest BCUT2D eigenvalue weighted by atomic mass is 9.48. The molecule has 0 saturated heterocycles. The lowest BCUT2D eigenvalue weighted by Gasteiger charge is -2.60. The van der Waals surface area contributed by atoms with Crippen molar-refractivity contribution in [2.24, 2.45) is 17.3 Å². The number of carbonyl (C=O) groups excluding carboxylic acids is 2. The van der Waals surface area contributed by atoms with Crippen molar-refractivity contribution in [3.05, 3.63) is 0 Å². The molecule has 0 aromatic carbocycles. The van der Waals surface area contributed by atoms with E-state index < -0.39 is 0 Å². The SMILES string of the molecule is CCC(C)NC(=O)CCNC(=O)CC12CC3CC(CC(Br)(C3)C1)C2. The van der Waals surface area contributed by atoms with Gasteiger partial charge < -0.3 is 10.6 Å². The van der Waals surface area contributed by atoms with Crippen LogP contribution in [0.25, 0.3) is 0 Å². The van der Waals surface area contributed by atoms with Crippen LogP contribution in [0.15, 0.2) is 0 Å². The molecule has 2 amide bonds. The van der Waals surface area contributed by atoms with E-state index in [1.165, 1.54) is 32.1 Å². The molecule has 0 aromatic rings. The zero-order valence-electron chi connectivity index (χ0n) is 15.0. The Morgan fingerprint density at radius 2 is 1.83 bits per heavy atom. The lowest BCUT2D eigenvalue weighted by Crippen LogP contribution is -2.54. The molecular weight excluding hydrogens is 368 g/mol. The Morgan fingerprint density at radius 3 is 2.42 bits per heavy atom. The Labute approximate surface area is 154 Å². The van der Waals surface area contributed by atoms with Crippen molar-refractivity contribution in [3.63, 3.8) is 0 Å². The van der Waals surface area contributed by atoms with Crippen LogP contribution in [0.2, 0.25) is 0 Å². The fourth-order valence-electron chi connectivity index (χ4n) is 5.71. The molecular formula is C19H31BrN2O2. The number of carbonyl (C=O) groups is 2. The van der Waals surface area contributed by atoms with Gasteiger partial charge in [0.25, 0.3) is 0 Å². The van der Waals surface area contributed by atoms with Gasteiger partial charge in [0.05, 0.1) is 0 Å². The molecule has 136 valence electrons. The van der Waals surface area contributed by atoms with Gasteiger partial charge in [-0.3, -0.25) is 9.59 Å². The second kappa shape index (κ2) is 6.97. The van der Waals surface area contributed by atoms with E-state index in [-0.39, 0.29) is 23.3 Å². The molecule has 4 nitrogen and oxygen atoms in total. The molecule has 4 bridgehead atoms. The standard InChI is InChI=1S/C19H31BrN2O2/c1-3-13(2)22-16(23)4-5-21-17(24)11-18-7-14-6-15(8-18)10-19(20,9-14)12-18/h13-15H,3-12H2,1-2H3,(H,21,24)(H,22,23). The fraction of sp³-hybridized carbons (Fsp3) is 0.895. The summed E-state index contributed by atoms with van der Waals surface area (Å²) in [4.78, 5) is 24.2. The zero-order valence-corrected chi connectivity index (χ0v) is 16.6. The van der Waals surface area contributed by atoms with Gasteiger partial charge in [0.1, 0.15) is 0 Å². The van der Waals surface area contributed by atoms with Crippen molar-refractivity contribution in [3.8, 4) is 0 Å². The topological polar surface area (TPSA) is 58.2 Å². The van der Waals surface area contributed by atoms with Gasteiger partial charge in [-0.25, -0.2) is 0 Å². The highest BCUT2D eigenvalue weighted by Gasteiger charge is 2.57. The molecule has 4 aliphatic carbocycles. The van der Waals surface area contributed by atoms with Crippen molar-refractivity contribution in [1.29, 1.82) is 0 Å². The van der Waals surface area contributed by atoms with Crippen LogP contribution < -0.4 is 10.6 Å².